The van der Waals surface area contributed by atoms with Crippen molar-refractivity contribution in [3.63, 3.8) is 0 Å². The van der Waals surface area contributed by atoms with Gasteiger partial charge >= 0.3 is 0 Å². The van der Waals surface area contributed by atoms with E-state index in [0.717, 1.165) is 12.1 Å². The first-order chi connectivity index (χ1) is 9.73. The summed E-state index contributed by atoms with van der Waals surface area (Å²) in [6.07, 6.45) is 0.517. The maximum absolute atomic E-state index is 9.71. The van der Waals surface area contributed by atoms with Crippen molar-refractivity contribution in [2.75, 3.05) is 13.7 Å². The molecule has 1 aromatic carbocycles. The number of hydrogen-bond acceptors (Lipinski definition) is 4. The Kier molecular flexibility index (Phi) is 6.78. The Labute approximate surface area is 132 Å². The first-order valence-corrected chi connectivity index (χ1v) is 7.55. The number of halogens is 1. The van der Waals surface area contributed by atoms with E-state index < -0.39 is 5.60 Å². The summed E-state index contributed by atoms with van der Waals surface area (Å²) in [4.78, 5) is 0. The summed E-state index contributed by atoms with van der Waals surface area (Å²) in [6, 6.07) is 4.19. The van der Waals surface area contributed by atoms with Gasteiger partial charge in [0, 0.05) is 19.0 Å². The van der Waals surface area contributed by atoms with Crippen molar-refractivity contribution in [3.05, 3.63) is 22.7 Å². The lowest BCUT2D eigenvalue weighted by molar-refractivity contribution is 0.0549. The summed E-state index contributed by atoms with van der Waals surface area (Å²) in [7, 11) is 1.59. The van der Waals surface area contributed by atoms with E-state index in [9.17, 15) is 5.11 Å². The van der Waals surface area contributed by atoms with E-state index in [1.165, 1.54) is 0 Å². The fourth-order valence-electron chi connectivity index (χ4n) is 1.74. The van der Waals surface area contributed by atoms with Gasteiger partial charge in [0.2, 0.25) is 0 Å². The van der Waals surface area contributed by atoms with Gasteiger partial charge in [0.1, 0.15) is 0 Å². The zero-order valence-corrected chi connectivity index (χ0v) is 14.3. The molecule has 0 heterocycles. The molecule has 0 atom stereocenters. The number of aliphatic hydroxyl groups is 1. The van der Waals surface area contributed by atoms with Gasteiger partial charge in [-0.2, -0.15) is 0 Å². The number of rotatable bonds is 8. The van der Waals surface area contributed by atoms with Crippen molar-refractivity contribution in [1.29, 1.82) is 0 Å². The fraction of sp³-hybridized carbons (Fsp3) is 0.625. The molecule has 1 rings (SSSR count). The van der Waals surface area contributed by atoms with Crippen molar-refractivity contribution in [2.24, 2.45) is 0 Å². The minimum Gasteiger partial charge on any atom is -0.493 e. The average Bonchev–Trinajstić information content (AvgIpc) is 2.36. The molecule has 0 amide bonds. The van der Waals surface area contributed by atoms with E-state index in [0.29, 0.717) is 35.6 Å². The minimum absolute atomic E-state index is 0.378. The molecule has 0 bridgehead atoms. The second-order valence-corrected chi connectivity index (χ2v) is 6.46. The molecule has 0 aliphatic carbocycles. The zero-order valence-electron chi connectivity index (χ0n) is 13.5. The van der Waals surface area contributed by atoms with Gasteiger partial charge in [-0.25, -0.2) is 0 Å². The molecule has 4 nitrogen and oxygen atoms in total. The molecule has 0 aliphatic heterocycles. The summed E-state index contributed by atoms with van der Waals surface area (Å²) >= 11 is 6.28. The number of methoxy groups -OCH3 is 1. The maximum Gasteiger partial charge on any atom is 0.179 e. The summed E-state index contributed by atoms with van der Waals surface area (Å²) < 4.78 is 11.0. The number of ether oxygens (including phenoxy) is 2. The standard InChI is InChI=1S/C16H26ClNO3/c1-11(2)18-10-12-8-13(17)15(14(9-12)20-5)21-7-6-16(3,4)19/h8-9,11,18-19H,6-7,10H2,1-5H3. The van der Waals surface area contributed by atoms with Crippen molar-refractivity contribution in [2.45, 2.75) is 52.3 Å². The van der Waals surface area contributed by atoms with Gasteiger partial charge in [0.25, 0.3) is 0 Å². The lowest BCUT2D eigenvalue weighted by Gasteiger charge is -2.19. The van der Waals surface area contributed by atoms with Crippen LogP contribution in [0.4, 0.5) is 0 Å². The number of benzene rings is 1. The fourth-order valence-corrected chi connectivity index (χ4v) is 2.03. The molecule has 0 spiro atoms. The summed E-state index contributed by atoms with van der Waals surface area (Å²) in [5, 5.41) is 13.6. The van der Waals surface area contributed by atoms with E-state index >= 15 is 0 Å². The molecule has 5 heteroatoms. The molecule has 1 aromatic rings. The van der Waals surface area contributed by atoms with Crippen LogP contribution in [-0.2, 0) is 6.54 Å². The van der Waals surface area contributed by atoms with Crippen molar-refractivity contribution >= 4 is 11.6 Å². The molecule has 0 aliphatic rings. The minimum atomic E-state index is -0.763. The summed E-state index contributed by atoms with van der Waals surface area (Å²) in [5.74, 6) is 1.13. The average molecular weight is 316 g/mol. The topological polar surface area (TPSA) is 50.7 Å². The van der Waals surface area contributed by atoms with E-state index in [1.54, 1.807) is 21.0 Å². The van der Waals surface area contributed by atoms with Crippen LogP contribution in [0.2, 0.25) is 5.02 Å². The third-order valence-corrected chi connectivity index (χ3v) is 3.24. The van der Waals surface area contributed by atoms with Crippen molar-refractivity contribution in [3.8, 4) is 11.5 Å². The van der Waals surface area contributed by atoms with E-state index in [1.807, 2.05) is 12.1 Å². The monoisotopic (exact) mass is 315 g/mol. The molecular formula is C16H26ClNO3. The summed E-state index contributed by atoms with van der Waals surface area (Å²) in [6.45, 7) is 8.77. The van der Waals surface area contributed by atoms with Crippen LogP contribution in [0.3, 0.4) is 0 Å². The normalized spacial score (nSPS) is 11.8. The first-order valence-electron chi connectivity index (χ1n) is 7.18. The molecular weight excluding hydrogens is 290 g/mol. The lowest BCUT2D eigenvalue weighted by Crippen LogP contribution is -2.22. The summed E-state index contributed by atoms with van der Waals surface area (Å²) in [5.41, 5.74) is 0.279. The molecule has 0 radical (unpaired) electrons. The van der Waals surface area contributed by atoms with Crippen LogP contribution in [0, 0.1) is 0 Å². The number of hydrogen-bond donors (Lipinski definition) is 2. The molecule has 0 aromatic heterocycles. The predicted molar refractivity (Wildman–Crippen MR) is 86.4 cm³/mol. The SMILES string of the molecule is COc1cc(CNC(C)C)cc(Cl)c1OCCC(C)(C)O. The highest BCUT2D eigenvalue weighted by molar-refractivity contribution is 6.32. The van der Waals surface area contributed by atoms with Crippen molar-refractivity contribution in [1.82, 2.24) is 5.32 Å². The Bertz CT molecular complexity index is 456. The highest BCUT2D eigenvalue weighted by atomic mass is 35.5. The van der Waals surface area contributed by atoms with E-state index in [2.05, 4.69) is 19.2 Å². The molecule has 0 unspecified atom stereocenters. The van der Waals surface area contributed by atoms with Gasteiger partial charge < -0.3 is 19.9 Å². The van der Waals surface area contributed by atoms with Gasteiger partial charge in [-0.1, -0.05) is 25.4 Å². The van der Waals surface area contributed by atoms with Gasteiger partial charge in [0.05, 0.1) is 24.3 Å². The lowest BCUT2D eigenvalue weighted by atomic mass is 10.1. The maximum atomic E-state index is 9.71. The van der Waals surface area contributed by atoms with Crippen LogP contribution in [0.25, 0.3) is 0 Å². The molecule has 0 saturated heterocycles. The second kappa shape index (κ2) is 7.87. The first kappa shape index (κ1) is 18.1. The van der Waals surface area contributed by atoms with Gasteiger partial charge in [-0.05, 0) is 31.5 Å². The third kappa shape index (κ3) is 6.55. The highest BCUT2D eigenvalue weighted by Gasteiger charge is 2.16. The highest BCUT2D eigenvalue weighted by Crippen LogP contribution is 2.36. The molecule has 120 valence electrons. The third-order valence-electron chi connectivity index (χ3n) is 2.96. The van der Waals surface area contributed by atoms with Crippen LogP contribution in [0.1, 0.15) is 39.7 Å². The predicted octanol–water partition coefficient (Wildman–Crippen LogP) is 3.39. The largest absolute Gasteiger partial charge is 0.493 e. The molecule has 0 saturated carbocycles. The number of nitrogens with one attached hydrogen (secondary N) is 1. The van der Waals surface area contributed by atoms with Crippen molar-refractivity contribution < 1.29 is 14.6 Å². The Balaban J connectivity index is 2.79. The Morgan fingerprint density at radius 2 is 2.00 bits per heavy atom. The van der Waals surface area contributed by atoms with Crippen LogP contribution in [0.5, 0.6) is 11.5 Å². The smallest absolute Gasteiger partial charge is 0.179 e. The van der Waals surface area contributed by atoms with E-state index in [4.69, 9.17) is 21.1 Å². The Hall–Kier alpha value is -0.970. The van der Waals surface area contributed by atoms with Gasteiger partial charge in [-0.15, -0.1) is 0 Å². The molecule has 21 heavy (non-hydrogen) atoms. The Morgan fingerprint density at radius 3 is 2.52 bits per heavy atom. The van der Waals surface area contributed by atoms with Crippen LogP contribution < -0.4 is 14.8 Å². The second-order valence-electron chi connectivity index (χ2n) is 6.06. The van der Waals surface area contributed by atoms with Gasteiger partial charge in [-0.3, -0.25) is 0 Å². The van der Waals surface area contributed by atoms with Crippen LogP contribution >= 0.6 is 11.6 Å². The zero-order chi connectivity index (χ0) is 16.0. The van der Waals surface area contributed by atoms with Gasteiger partial charge in [0.15, 0.2) is 11.5 Å². The Morgan fingerprint density at radius 1 is 1.33 bits per heavy atom. The van der Waals surface area contributed by atoms with E-state index in [-0.39, 0.29) is 0 Å². The van der Waals surface area contributed by atoms with Crippen LogP contribution in [-0.4, -0.2) is 30.5 Å². The molecule has 2 N–H and O–H groups in total. The molecule has 0 fully saturated rings. The quantitative estimate of drug-likeness (QED) is 0.772. The van der Waals surface area contributed by atoms with Crippen LogP contribution in [0.15, 0.2) is 12.1 Å².